The van der Waals surface area contributed by atoms with Crippen LogP contribution in [0.25, 0.3) is 0 Å². The van der Waals surface area contributed by atoms with E-state index in [0.29, 0.717) is 23.9 Å². The Labute approximate surface area is 190 Å². The molecule has 1 aliphatic heterocycles. The highest BCUT2D eigenvalue weighted by Gasteiger charge is 2.22. The second kappa shape index (κ2) is 10.3. The van der Waals surface area contributed by atoms with Gasteiger partial charge in [0.15, 0.2) is 0 Å². The fourth-order valence-electron chi connectivity index (χ4n) is 3.27. The molecule has 3 rings (SSSR count). The molecule has 164 valence electrons. The van der Waals surface area contributed by atoms with Crippen molar-refractivity contribution in [2.75, 3.05) is 31.5 Å². The second-order valence-corrected chi connectivity index (χ2v) is 11.0. The summed E-state index contributed by atoms with van der Waals surface area (Å²) in [6, 6.07) is 4.46. The van der Waals surface area contributed by atoms with Crippen molar-refractivity contribution in [3.8, 4) is 0 Å². The summed E-state index contributed by atoms with van der Waals surface area (Å²) >= 11 is 12.6. The van der Waals surface area contributed by atoms with Crippen LogP contribution in [0.3, 0.4) is 0 Å². The molecule has 30 heavy (non-hydrogen) atoms. The Morgan fingerprint density at radius 1 is 1.33 bits per heavy atom. The average molecular weight is 492 g/mol. The van der Waals surface area contributed by atoms with E-state index in [1.54, 1.807) is 0 Å². The Balaban J connectivity index is 1.51. The Hall–Kier alpha value is -1.30. The van der Waals surface area contributed by atoms with E-state index in [1.165, 1.54) is 31.0 Å². The highest BCUT2D eigenvalue weighted by Crippen LogP contribution is 2.24. The van der Waals surface area contributed by atoms with Gasteiger partial charge in [0.05, 0.1) is 10.6 Å². The average Bonchev–Trinajstić information content (AvgIpc) is 3.15. The van der Waals surface area contributed by atoms with Crippen LogP contribution >= 0.6 is 34.5 Å². The zero-order valence-electron chi connectivity index (χ0n) is 16.4. The lowest BCUT2D eigenvalue weighted by molar-refractivity contribution is 0.102. The highest BCUT2D eigenvalue weighted by molar-refractivity contribution is 7.91. The quantitative estimate of drug-likeness (QED) is 0.432. The first kappa shape index (κ1) is 23.4. The molecule has 1 amide bonds. The van der Waals surface area contributed by atoms with Gasteiger partial charge in [0.2, 0.25) is 9.47 Å². The summed E-state index contributed by atoms with van der Waals surface area (Å²) in [5.74, 6) is 0.161. The monoisotopic (exact) mass is 491 g/mol. The number of aromatic nitrogens is 2. The lowest BCUT2D eigenvalue weighted by atomic mass is 10.0. The fraction of sp³-hybridized carbons (Fsp3) is 0.500. The SMILES string of the molecule is CC1CCCN(CCCNS(=O)(=O)c2nnc(NC(=O)c3ccc(Cl)cc3Cl)s2)C1. The molecule has 2 N–H and O–H groups in total. The van der Waals surface area contributed by atoms with Crippen molar-refractivity contribution >= 4 is 55.6 Å². The van der Waals surface area contributed by atoms with Crippen LogP contribution in [0.2, 0.25) is 10.0 Å². The minimum Gasteiger partial charge on any atom is -0.303 e. The van der Waals surface area contributed by atoms with Crippen molar-refractivity contribution in [3.05, 3.63) is 33.8 Å². The third-order valence-electron chi connectivity index (χ3n) is 4.72. The van der Waals surface area contributed by atoms with Gasteiger partial charge in [-0.05, 0) is 56.5 Å². The van der Waals surface area contributed by atoms with E-state index >= 15 is 0 Å². The number of nitrogens with one attached hydrogen (secondary N) is 2. The van der Waals surface area contributed by atoms with E-state index < -0.39 is 15.9 Å². The number of sulfonamides is 1. The molecule has 1 fully saturated rings. The summed E-state index contributed by atoms with van der Waals surface area (Å²) < 4.78 is 27.2. The van der Waals surface area contributed by atoms with Crippen molar-refractivity contribution in [3.63, 3.8) is 0 Å². The number of halogens is 2. The maximum Gasteiger partial charge on any atom is 0.269 e. The van der Waals surface area contributed by atoms with Crippen LogP contribution < -0.4 is 10.0 Å². The maximum absolute atomic E-state index is 12.4. The molecule has 1 saturated heterocycles. The Kier molecular flexibility index (Phi) is 8.05. The van der Waals surface area contributed by atoms with Gasteiger partial charge in [-0.25, -0.2) is 13.1 Å². The van der Waals surface area contributed by atoms with Crippen molar-refractivity contribution < 1.29 is 13.2 Å². The lowest BCUT2D eigenvalue weighted by Crippen LogP contribution is -2.36. The van der Waals surface area contributed by atoms with Crippen LogP contribution in [0.5, 0.6) is 0 Å². The van der Waals surface area contributed by atoms with Crippen molar-refractivity contribution in [1.82, 2.24) is 19.8 Å². The number of anilines is 1. The number of benzene rings is 1. The summed E-state index contributed by atoms with van der Waals surface area (Å²) in [5, 5.41) is 10.6. The number of nitrogens with zero attached hydrogens (tertiary/aromatic N) is 3. The second-order valence-electron chi connectivity index (χ2n) is 7.25. The van der Waals surface area contributed by atoms with Gasteiger partial charge in [0, 0.05) is 18.1 Å². The van der Waals surface area contributed by atoms with Crippen LogP contribution in [0, 0.1) is 5.92 Å². The first-order chi connectivity index (χ1) is 14.2. The Morgan fingerprint density at radius 3 is 2.87 bits per heavy atom. The molecular weight excluding hydrogens is 469 g/mol. The first-order valence-corrected chi connectivity index (χ1v) is 12.6. The molecule has 0 spiro atoms. The van der Waals surface area contributed by atoms with Crippen LogP contribution in [-0.2, 0) is 10.0 Å². The third-order valence-corrected chi connectivity index (χ3v) is 7.93. The summed E-state index contributed by atoms with van der Waals surface area (Å²) in [6.07, 6.45) is 3.15. The number of amides is 1. The molecule has 0 radical (unpaired) electrons. The van der Waals surface area contributed by atoms with Gasteiger partial charge in [-0.3, -0.25) is 10.1 Å². The lowest BCUT2D eigenvalue weighted by Gasteiger charge is -2.30. The molecule has 2 aromatic rings. The summed E-state index contributed by atoms with van der Waals surface area (Å²) in [4.78, 5) is 14.7. The minimum absolute atomic E-state index is 0.0636. The summed E-state index contributed by atoms with van der Waals surface area (Å²) in [6.45, 7) is 5.53. The molecule has 12 heteroatoms. The molecule has 0 saturated carbocycles. The van der Waals surface area contributed by atoms with E-state index in [2.05, 4.69) is 32.1 Å². The molecule has 1 aliphatic rings. The molecular formula is C18H23Cl2N5O3S2. The molecule has 0 aliphatic carbocycles. The van der Waals surface area contributed by atoms with Gasteiger partial charge in [0.25, 0.3) is 15.9 Å². The van der Waals surface area contributed by atoms with Crippen LogP contribution in [0.4, 0.5) is 5.13 Å². The minimum atomic E-state index is -3.79. The predicted octanol–water partition coefficient (Wildman–Crippen LogP) is 3.50. The number of likely N-dealkylation sites (tertiary alicyclic amines) is 1. The summed E-state index contributed by atoms with van der Waals surface area (Å²) in [5.41, 5.74) is 0.200. The molecule has 1 aromatic heterocycles. The number of hydrogen-bond donors (Lipinski definition) is 2. The van der Waals surface area contributed by atoms with Gasteiger partial charge in [0.1, 0.15) is 0 Å². The number of piperidine rings is 1. The van der Waals surface area contributed by atoms with E-state index in [9.17, 15) is 13.2 Å². The van der Waals surface area contributed by atoms with Gasteiger partial charge in [-0.2, -0.15) is 0 Å². The van der Waals surface area contributed by atoms with Crippen molar-refractivity contribution in [2.45, 2.75) is 30.5 Å². The van der Waals surface area contributed by atoms with Crippen LogP contribution in [-0.4, -0.2) is 55.6 Å². The molecule has 2 heterocycles. The molecule has 8 nitrogen and oxygen atoms in total. The Bertz CT molecular complexity index is 999. The zero-order chi connectivity index (χ0) is 21.7. The summed E-state index contributed by atoms with van der Waals surface area (Å²) in [7, 11) is -3.79. The number of rotatable bonds is 8. The molecule has 1 atom stereocenters. The molecule has 0 bridgehead atoms. The van der Waals surface area contributed by atoms with E-state index in [-0.39, 0.29) is 20.1 Å². The zero-order valence-corrected chi connectivity index (χ0v) is 19.5. The van der Waals surface area contributed by atoms with E-state index in [4.69, 9.17) is 23.2 Å². The maximum atomic E-state index is 12.4. The third kappa shape index (κ3) is 6.35. The fourth-order valence-corrected chi connectivity index (χ4v) is 5.77. The normalized spacial score (nSPS) is 17.8. The van der Waals surface area contributed by atoms with Gasteiger partial charge in [-0.15, -0.1) is 10.2 Å². The first-order valence-electron chi connectivity index (χ1n) is 9.56. The largest absolute Gasteiger partial charge is 0.303 e. The highest BCUT2D eigenvalue weighted by atomic mass is 35.5. The van der Waals surface area contributed by atoms with E-state index in [1.807, 2.05) is 0 Å². The smallest absolute Gasteiger partial charge is 0.269 e. The molecule has 1 aromatic carbocycles. The standard InChI is InChI=1S/C18H23Cl2N5O3S2/c1-12-4-2-8-25(11-12)9-3-7-21-30(27,28)18-24-23-17(29-18)22-16(26)14-6-5-13(19)10-15(14)20/h5-6,10,12,21H,2-4,7-9,11H2,1H3,(H,22,23,26). The number of carbonyl (C=O) groups excluding carboxylic acids is 1. The van der Waals surface area contributed by atoms with Gasteiger partial charge >= 0.3 is 0 Å². The Morgan fingerprint density at radius 2 is 2.13 bits per heavy atom. The van der Waals surface area contributed by atoms with Crippen LogP contribution in [0.1, 0.15) is 36.5 Å². The number of carbonyl (C=O) groups is 1. The van der Waals surface area contributed by atoms with Gasteiger partial charge in [-0.1, -0.05) is 41.5 Å². The van der Waals surface area contributed by atoms with Crippen LogP contribution in [0.15, 0.2) is 22.5 Å². The van der Waals surface area contributed by atoms with Crippen molar-refractivity contribution in [2.24, 2.45) is 5.92 Å². The molecule has 1 unspecified atom stereocenters. The van der Waals surface area contributed by atoms with Gasteiger partial charge < -0.3 is 4.90 Å². The van der Waals surface area contributed by atoms with E-state index in [0.717, 1.165) is 31.0 Å². The predicted molar refractivity (Wildman–Crippen MR) is 119 cm³/mol. The number of hydrogen-bond acceptors (Lipinski definition) is 7. The van der Waals surface area contributed by atoms with Crippen molar-refractivity contribution in [1.29, 1.82) is 0 Å². The topological polar surface area (TPSA) is 104 Å².